The molecule has 2 heteroatoms. The Labute approximate surface area is 112 Å². The van der Waals surface area contributed by atoms with Crippen molar-refractivity contribution in [3.63, 3.8) is 0 Å². The van der Waals surface area contributed by atoms with Crippen molar-refractivity contribution in [3.8, 4) is 5.75 Å². The average molecular weight is 254 g/mol. The van der Waals surface area contributed by atoms with Gasteiger partial charge in [0.2, 0.25) is 0 Å². The Morgan fingerprint density at radius 3 is 2.74 bits per heavy atom. The number of fused-ring (bicyclic) bond motifs is 1. The lowest BCUT2D eigenvalue weighted by molar-refractivity contribution is 0.414. The molecule has 0 N–H and O–H groups in total. The molecule has 0 aromatic heterocycles. The van der Waals surface area contributed by atoms with Crippen LogP contribution in [0, 0.1) is 5.82 Å². The van der Waals surface area contributed by atoms with Crippen molar-refractivity contribution in [3.05, 3.63) is 71.0 Å². The maximum atomic E-state index is 13.3. The monoisotopic (exact) mass is 254 g/mol. The molecule has 0 spiro atoms. The fourth-order valence-corrected chi connectivity index (χ4v) is 2.51. The number of hydrogen-bond acceptors (Lipinski definition) is 1. The van der Waals surface area contributed by atoms with Crippen molar-refractivity contribution >= 4 is 5.57 Å². The molecule has 2 aromatic rings. The predicted molar refractivity (Wildman–Crippen MR) is 74.8 cm³/mol. The Kier molecular flexibility index (Phi) is 3.08. The first kappa shape index (κ1) is 12.0. The summed E-state index contributed by atoms with van der Waals surface area (Å²) in [7, 11) is 1.68. The molecule has 0 radical (unpaired) electrons. The summed E-state index contributed by atoms with van der Waals surface area (Å²) >= 11 is 0. The molecule has 1 nitrogen and oxygen atoms in total. The molecule has 0 bridgehead atoms. The molecule has 0 fully saturated rings. The minimum atomic E-state index is -0.182. The summed E-state index contributed by atoms with van der Waals surface area (Å²) in [6.45, 7) is 0. The maximum absolute atomic E-state index is 13.3. The number of benzene rings is 2. The lowest BCUT2D eigenvalue weighted by atomic mass is 9.88. The van der Waals surface area contributed by atoms with Gasteiger partial charge < -0.3 is 4.74 Å². The van der Waals surface area contributed by atoms with Gasteiger partial charge in [0.1, 0.15) is 11.6 Å². The van der Waals surface area contributed by atoms with Crippen LogP contribution in [0.1, 0.15) is 16.7 Å². The maximum Gasteiger partial charge on any atom is 0.123 e. The molecule has 1 aliphatic carbocycles. The Morgan fingerprint density at radius 2 is 1.95 bits per heavy atom. The van der Waals surface area contributed by atoms with Crippen LogP contribution in [0.4, 0.5) is 4.39 Å². The van der Waals surface area contributed by atoms with E-state index in [0.717, 1.165) is 24.2 Å². The highest BCUT2D eigenvalue weighted by Gasteiger charge is 2.13. The minimum Gasteiger partial charge on any atom is -0.497 e. The largest absolute Gasteiger partial charge is 0.497 e. The Bertz CT molecular complexity index is 643. The van der Waals surface area contributed by atoms with Gasteiger partial charge in [-0.15, -0.1) is 0 Å². The molecule has 0 atom stereocenters. The van der Waals surface area contributed by atoms with E-state index < -0.39 is 0 Å². The van der Waals surface area contributed by atoms with Gasteiger partial charge >= 0.3 is 0 Å². The molecule has 19 heavy (non-hydrogen) atoms. The molecule has 0 aliphatic heterocycles. The fourth-order valence-electron chi connectivity index (χ4n) is 2.51. The number of methoxy groups -OCH3 is 1. The lowest BCUT2D eigenvalue weighted by Gasteiger charge is -2.18. The van der Waals surface area contributed by atoms with Gasteiger partial charge in [-0.1, -0.05) is 24.3 Å². The summed E-state index contributed by atoms with van der Waals surface area (Å²) in [5.74, 6) is 0.709. The van der Waals surface area contributed by atoms with E-state index in [-0.39, 0.29) is 5.82 Å². The van der Waals surface area contributed by atoms with Crippen molar-refractivity contribution in [2.75, 3.05) is 7.11 Å². The molecule has 0 heterocycles. The molecule has 0 saturated carbocycles. The number of halogens is 1. The standard InChI is InChI=1S/C17H15FO/c1-19-17-8-7-14-9-13(5-6-15(14)11-17)12-3-2-4-16(18)10-12/h2-5,7-8,10-11H,6,9H2,1H3. The quantitative estimate of drug-likeness (QED) is 0.786. The zero-order valence-electron chi connectivity index (χ0n) is 10.8. The fraction of sp³-hybridized carbons (Fsp3) is 0.176. The molecule has 0 unspecified atom stereocenters. The van der Waals surface area contributed by atoms with Gasteiger partial charge in [0.15, 0.2) is 0 Å². The van der Waals surface area contributed by atoms with Crippen molar-refractivity contribution in [1.29, 1.82) is 0 Å². The van der Waals surface area contributed by atoms with E-state index in [2.05, 4.69) is 18.2 Å². The summed E-state index contributed by atoms with van der Waals surface area (Å²) < 4.78 is 18.5. The van der Waals surface area contributed by atoms with Crippen molar-refractivity contribution in [2.24, 2.45) is 0 Å². The van der Waals surface area contributed by atoms with Crippen LogP contribution in [0.3, 0.4) is 0 Å². The zero-order chi connectivity index (χ0) is 13.2. The van der Waals surface area contributed by atoms with E-state index in [4.69, 9.17) is 4.74 Å². The van der Waals surface area contributed by atoms with Gasteiger partial charge in [0, 0.05) is 0 Å². The Hall–Kier alpha value is -2.09. The van der Waals surface area contributed by atoms with Gasteiger partial charge in [0.05, 0.1) is 7.11 Å². The number of rotatable bonds is 2. The highest BCUT2D eigenvalue weighted by molar-refractivity contribution is 5.70. The van der Waals surface area contributed by atoms with E-state index in [9.17, 15) is 4.39 Å². The van der Waals surface area contributed by atoms with Crippen LogP contribution in [-0.2, 0) is 12.8 Å². The van der Waals surface area contributed by atoms with E-state index in [1.54, 1.807) is 19.2 Å². The van der Waals surface area contributed by atoms with E-state index in [0.29, 0.717) is 0 Å². The minimum absolute atomic E-state index is 0.182. The van der Waals surface area contributed by atoms with Crippen molar-refractivity contribution < 1.29 is 9.13 Å². The smallest absolute Gasteiger partial charge is 0.123 e. The van der Waals surface area contributed by atoms with Gasteiger partial charge in [-0.05, 0) is 59.4 Å². The molecule has 3 rings (SSSR count). The van der Waals surface area contributed by atoms with E-state index in [1.807, 2.05) is 12.1 Å². The first-order valence-corrected chi connectivity index (χ1v) is 6.37. The van der Waals surface area contributed by atoms with Gasteiger partial charge in [-0.25, -0.2) is 4.39 Å². The zero-order valence-corrected chi connectivity index (χ0v) is 10.8. The first-order chi connectivity index (χ1) is 9.26. The molecule has 2 aromatic carbocycles. The van der Waals surface area contributed by atoms with Crippen molar-refractivity contribution in [2.45, 2.75) is 12.8 Å². The highest BCUT2D eigenvalue weighted by Crippen LogP contribution is 2.30. The van der Waals surface area contributed by atoms with Crippen LogP contribution >= 0.6 is 0 Å². The Morgan fingerprint density at radius 1 is 1.05 bits per heavy atom. The molecular formula is C17H15FO. The molecule has 0 saturated heterocycles. The van der Waals surface area contributed by atoms with Crippen LogP contribution in [0.15, 0.2) is 48.5 Å². The number of ether oxygens (including phenoxy) is 1. The lowest BCUT2D eigenvalue weighted by Crippen LogP contribution is -2.03. The third-order valence-corrected chi connectivity index (χ3v) is 3.56. The third kappa shape index (κ3) is 2.39. The van der Waals surface area contributed by atoms with E-state index >= 15 is 0 Å². The van der Waals surface area contributed by atoms with Crippen LogP contribution in [-0.4, -0.2) is 7.11 Å². The van der Waals surface area contributed by atoms with Crippen LogP contribution in [0.5, 0.6) is 5.75 Å². The molecule has 96 valence electrons. The summed E-state index contributed by atoms with van der Waals surface area (Å²) in [4.78, 5) is 0. The number of allylic oxidation sites excluding steroid dienone is 2. The predicted octanol–water partition coefficient (Wildman–Crippen LogP) is 4.02. The number of hydrogen-bond donors (Lipinski definition) is 0. The SMILES string of the molecule is COc1ccc2c(c1)CC=C(c1cccc(F)c1)C2. The second-order valence-corrected chi connectivity index (χ2v) is 4.76. The summed E-state index contributed by atoms with van der Waals surface area (Å²) in [5.41, 5.74) is 4.75. The summed E-state index contributed by atoms with van der Waals surface area (Å²) in [5, 5.41) is 0. The molecule has 1 aliphatic rings. The van der Waals surface area contributed by atoms with Gasteiger partial charge in [0.25, 0.3) is 0 Å². The van der Waals surface area contributed by atoms with E-state index in [1.165, 1.54) is 22.8 Å². The van der Waals surface area contributed by atoms with Gasteiger partial charge in [-0.2, -0.15) is 0 Å². The van der Waals surface area contributed by atoms with Crippen LogP contribution in [0.25, 0.3) is 5.57 Å². The normalized spacial score (nSPS) is 13.7. The summed E-state index contributed by atoms with van der Waals surface area (Å²) in [6.07, 6.45) is 3.90. The van der Waals surface area contributed by atoms with Crippen molar-refractivity contribution in [1.82, 2.24) is 0 Å². The molecule has 0 amide bonds. The topological polar surface area (TPSA) is 9.23 Å². The third-order valence-electron chi connectivity index (χ3n) is 3.56. The second-order valence-electron chi connectivity index (χ2n) is 4.76. The summed E-state index contributed by atoms with van der Waals surface area (Å²) in [6, 6.07) is 13.0. The highest BCUT2D eigenvalue weighted by atomic mass is 19.1. The average Bonchev–Trinajstić information content (AvgIpc) is 2.46. The molecular weight excluding hydrogens is 239 g/mol. The van der Waals surface area contributed by atoms with Gasteiger partial charge in [-0.3, -0.25) is 0 Å². The van der Waals surface area contributed by atoms with Crippen LogP contribution in [0.2, 0.25) is 0 Å². The second kappa shape index (κ2) is 4.88. The Balaban J connectivity index is 1.91. The van der Waals surface area contributed by atoms with Crippen LogP contribution < -0.4 is 4.74 Å². The first-order valence-electron chi connectivity index (χ1n) is 6.37.